The van der Waals surface area contributed by atoms with Crippen molar-refractivity contribution in [1.29, 1.82) is 0 Å². The number of nitrogens with zero attached hydrogens (tertiary/aromatic N) is 2. The summed E-state index contributed by atoms with van der Waals surface area (Å²) in [5.74, 6) is 0.832. The normalized spacial score (nSPS) is 17.0. The summed E-state index contributed by atoms with van der Waals surface area (Å²) in [6.45, 7) is 3.44. The van der Waals surface area contributed by atoms with Crippen molar-refractivity contribution < 1.29 is 4.74 Å². The molecule has 4 nitrogen and oxygen atoms in total. The monoisotopic (exact) mass is 366 g/mol. The van der Waals surface area contributed by atoms with Crippen LogP contribution in [0.1, 0.15) is 24.0 Å². The largest absolute Gasteiger partial charge is 0.377 e. The average Bonchev–Trinajstić information content (AvgIpc) is 3.18. The van der Waals surface area contributed by atoms with Crippen molar-refractivity contribution in [1.82, 2.24) is 9.55 Å². The SMILES string of the molecule is Cc1ccc(Cn2c(SC[C@@H]3CCCO3)nc3ccccc3c2=O)cc1. The van der Waals surface area contributed by atoms with Crippen LogP contribution in [0.5, 0.6) is 0 Å². The van der Waals surface area contributed by atoms with Crippen LogP contribution in [-0.4, -0.2) is 28.0 Å². The quantitative estimate of drug-likeness (QED) is 0.505. The Labute approximate surface area is 157 Å². The third kappa shape index (κ3) is 3.69. The van der Waals surface area contributed by atoms with Gasteiger partial charge in [-0.15, -0.1) is 0 Å². The van der Waals surface area contributed by atoms with Crippen LogP contribution in [0.2, 0.25) is 0 Å². The third-order valence-electron chi connectivity index (χ3n) is 4.71. The van der Waals surface area contributed by atoms with Crippen molar-refractivity contribution in [3.05, 3.63) is 70.0 Å². The lowest BCUT2D eigenvalue weighted by Crippen LogP contribution is -2.24. The zero-order chi connectivity index (χ0) is 17.9. The number of ether oxygens (including phenoxy) is 1. The summed E-state index contributed by atoms with van der Waals surface area (Å²) in [5.41, 5.74) is 3.10. The minimum Gasteiger partial charge on any atom is -0.377 e. The second-order valence-electron chi connectivity index (χ2n) is 6.73. The first-order chi connectivity index (χ1) is 12.7. The van der Waals surface area contributed by atoms with E-state index in [-0.39, 0.29) is 11.7 Å². The topological polar surface area (TPSA) is 44.1 Å². The van der Waals surface area contributed by atoms with Gasteiger partial charge < -0.3 is 4.74 Å². The Morgan fingerprint density at radius 3 is 2.77 bits per heavy atom. The summed E-state index contributed by atoms with van der Waals surface area (Å²) in [6.07, 6.45) is 2.46. The molecule has 1 saturated heterocycles. The molecule has 3 aromatic rings. The summed E-state index contributed by atoms with van der Waals surface area (Å²) in [5, 5.41) is 1.44. The zero-order valence-electron chi connectivity index (χ0n) is 14.9. The molecule has 4 rings (SSSR count). The van der Waals surface area contributed by atoms with Crippen LogP contribution in [0.3, 0.4) is 0 Å². The number of fused-ring (bicyclic) bond motifs is 1. The molecule has 26 heavy (non-hydrogen) atoms. The molecule has 1 atom stereocenters. The Balaban J connectivity index is 1.71. The van der Waals surface area contributed by atoms with Gasteiger partial charge in [-0.05, 0) is 37.5 Å². The Hall–Kier alpha value is -2.11. The molecule has 1 fully saturated rings. The van der Waals surface area contributed by atoms with Gasteiger partial charge in [0.1, 0.15) is 0 Å². The maximum absolute atomic E-state index is 13.1. The van der Waals surface area contributed by atoms with Gasteiger partial charge in [-0.25, -0.2) is 4.98 Å². The molecule has 0 saturated carbocycles. The van der Waals surface area contributed by atoms with E-state index in [9.17, 15) is 4.79 Å². The molecular weight excluding hydrogens is 344 g/mol. The summed E-state index contributed by atoms with van der Waals surface area (Å²) in [6, 6.07) is 15.9. The Kier molecular flexibility index (Phi) is 5.09. The highest BCUT2D eigenvalue weighted by Gasteiger charge is 2.18. The molecule has 1 aliphatic heterocycles. The van der Waals surface area contributed by atoms with Crippen molar-refractivity contribution >= 4 is 22.7 Å². The standard InChI is InChI=1S/C21H22N2O2S/c1-15-8-10-16(11-9-15)13-23-20(24)18-6-2-3-7-19(18)22-21(23)26-14-17-5-4-12-25-17/h2-3,6-11,17H,4-5,12-14H2,1H3/t17-/m0/s1. The number of para-hydroxylation sites is 1. The van der Waals surface area contributed by atoms with E-state index in [0.29, 0.717) is 11.9 Å². The lowest BCUT2D eigenvalue weighted by atomic mass is 10.1. The molecule has 134 valence electrons. The van der Waals surface area contributed by atoms with Crippen LogP contribution >= 0.6 is 11.8 Å². The minimum atomic E-state index is 0.0195. The van der Waals surface area contributed by atoms with Crippen LogP contribution in [0.4, 0.5) is 0 Å². The van der Waals surface area contributed by atoms with Crippen molar-refractivity contribution in [3.63, 3.8) is 0 Å². The molecule has 1 aromatic heterocycles. The molecule has 0 amide bonds. The van der Waals surface area contributed by atoms with Crippen LogP contribution in [0, 0.1) is 6.92 Å². The molecule has 2 aromatic carbocycles. The average molecular weight is 366 g/mol. The van der Waals surface area contributed by atoms with Gasteiger partial charge in [-0.2, -0.15) is 0 Å². The molecule has 2 heterocycles. The molecule has 0 radical (unpaired) electrons. The van der Waals surface area contributed by atoms with E-state index < -0.39 is 0 Å². The molecule has 5 heteroatoms. The number of benzene rings is 2. The van der Waals surface area contributed by atoms with Gasteiger partial charge in [0, 0.05) is 12.4 Å². The van der Waals surface area contributed by atoms with E-state index in [1.54, 1.807) is 16.3 Å². The van der Waals surface area contributed by atoms with Gasteiger partial charge in [0.05, 0.1) is 23.6 Å². The zero-order valence-corrected chi connectivity index (χ0v) is 15.7. The van der Waals surface area contributed by atoms with Gasteiger partial charge in [-0.1, -0.05) is 53.7 Å². The fourth-order valence-electron chi connectivity index (χ4n) is 3.22. The molecule has 0 spiro atoms. The van der Waals surface area contributed by atoms with E-state index in [1.807, 2.05) is 24.3 Å². The lowest BCUT2D eigenvalue weighted by molar-refractivity contribution is 0.129. The van der Waals surface area contributed by atoms with E-state index in [0.717, 1.165) is 41.4 Å². The maximum Gasteiger partial charge on any atom is 0.262 e. The molecule has 0 bridgehead atoms. The molecular formula is C21H22N2O2S. The Morgan fingerprint density at radius 2 is 2.00 bits per heavy atom. The summed E-state index contributed by atoms with van der Waals surface area (Å²) < 4.78 is 7.53. The maximum atomic E-state index is 13.1. The van der Waals surface area contributed by atoms with Gasteiger partial charge in [0.2, 0.25) is 0 Å². The van der Waals surface area contributed by atoms with Crippen molar-refractivity contribution in [2.75, 3.05) is 12.4 Å². The van der Waals surface area contributed by atoms with Gasteiger partial charge >= 0.3 is 0 Å². The van der Waals surface area contributed by atoms with Gasteiger partial charge in [-0.3, -0.25) is 9.36 Å². The number of aromatic nitrogens is 2. The first kappa shape index (κ1) is 17.3. The van der Waals surface area contributed by atoms with Crippen LogP contribution in [0.15, 0.2) is 58.5 Å². The number of hydrogen-bond acceptors (Lipinski definition) is 4. The summed E-state index contributed by atoms with van der Waals surface area (Å²) >= 11 is 1.62. The second kappa shape index (κ2) is 7.64. The van der Waals surface area contributed by atoms with E-state index in [1.165, 1.54) is 5.56 Å². The number of hydrogen-bond donors (Lipinski definition) is 0. The highest BCUT2D eigenvalue weighted by molar-refractivity contribution is 7.99. The van der Waals surface area contributed by atoms with Crippen LogP contribution < -0.4 is 5.56 Å². The smallest absolute Gasteiger partial charge is 0.262 e. The highest BCUT2D eigenvalue weighted by Crippen LogP contribution is 2.24. The van der Waals surface area contributed by atoms with E-state index in [2.05, 4.69) is 31.2 Å². The molecule has 0 aliphatic carbocycles. The van der Waals surface area contributed by atoms with Crippen molar-refractivity contribution in [3.8, 4) is 0 Å². The third-order valence-corrected chi connectivity index (χ3v) is 5.82. The predicted molar refractivity (Wildman–Crippen MR) is 106 cm³/mol. The van der Waals surface area contributed by atoms with Crippen LogP contribution in [0.25, 0.3) is 10.9 Å². The fourth-order valence-corrected chi connectivity index (χ4v) is 4.28. The first-order valence-corrected chi connectivity index (χ1v) is 9.99. The summed E-state index contributed by atoms with van der Waals surface area (Å²) in [4.78, 5) is 17.9. The molecule has 0 unspecified atom stereocenters. The summed E-state index contributed by atoms with van der Waals surface area (Å²) in [7, 11) is 0. The van der Waals surface area contributed by atoms with E-state index in [4.69, 9.17) is 9.72 Å². The van der Waals surface area contributed by atoms with Gasteiger partial charge in [0.25, 0.3) is 5.56 Å². The number of thioether (sulfide) groups is 1. The van der Waals surface area contributed by atoms with Crippen LogP contribution in [-0.2, 0) is 11.3 Å². The number of aryl methyl sites for hydroxylation is 1. The lowest BCUT2D eigenvalue weighted by Gasteiger charge is -2.15. The fraction of sp³-hybridized carbons (Fsp3) is 0.333. The second-order valence-corrected chi connectivity index (χ2v) is 7.72. The molecule has 1 aliphatic rings. The van der Waals surface area contributed by atoms with Gasteiger partial charge in [0.15, 0.2) is 5.16 Å². The Morgan fingerprint density at radius 1 is 1.19 bits per heavy atom. The van der Waals surface area contributed by atoms with Crippen molar-refractivity contribution in [2.24, 2.45) is 0 Å². The number of rotatable bonds is 5. The van der Waals surface area contributed by atoms with E-state index >= 15 is 0 Å². The predicted octanol–water partition coefficient (Wildman–Crippen LogP) is 4.02. The highest BCUT2D eigenvalue weighted by atomic mass is 32.2. The van der Waals surface area contributed by atoms with Crippen molar-refractivity contribution in [2.45, 2.75) is 37.6 Å². The minimum absolute atomic E-state index is 0.0195. The molecule has 0 N–H and O–H groups in total. The first-order valence-electron chi connectivity index (χ1n) is 9.00. The Bertz CT molecular complexity index is 960.